The van der Waals surface area contributed by atoms with E-state index in [0.717, 1.165) is 38.5 Å². The largest absolute Gasteiger partial charge is 0.481 e. The van der Waals surface area contributed by atoms with Crippen LogP contribution in [0.15, 0.2) is 24.3 Å². The summed E-state index contributed by atoms with van der Waals surface area (Å²) in [6.07, 6.45) is 21.1. The average molecular weight is 431 g/mol. The molecule has 0 aliphatic rings. The lowest BCUT2D eigenvalue weighted by molar-refractivity contribution is -0.134. The Bertz CT molecular complexity index is 499. The van der Waals surface area contributed by atoms with Crippen molar-refractivity contribution in [2.75, 3.05) is 11.5 Å². The van der Waals surface area contributed by atoms with Gasteiger partial charge in [0.05, 0.1) is 0 Å². The van der Waals surface area contributed by atoms with Crippen molar-refractivity contribution in [3.63, 3.8) is 0 Å². The first kappa shape index (κ1) is 27.2. The molecular weight excluding hydrogens is 392 g/mol. The third kappa shape index (κ3) is 20.8. The second-order valence-electron chi connectivity index (χ2n) is 7.03. The van der Waals surface area contributed by atoms with Gasteiger partial charge in [-0.25, -0.2) is 0 Å². The van der Waals surface area contributed by atoms with Crippen LogP contribution in [0.1, 0.15) is 84.0 Å². The highest BCUT2D eigenvalue weighted by atomic mass is 32.2. The van der Waals surface area contributed by atoms with E-state index in [1.165, 1.54) is 25.7 Å². The van der Waals surface area contributed by atoms with Gasteiger partial charge in [-0.3, -0.25) is 14.4 Å². The Kier molecular flexibility index (Phi) is 18.4. The van der Waals surface area contributed by atoms with Crippen LogP contribution >= 0.6 is 11.2 Å². The van der Waals surface area contributed by atoms with E-state index in [0.29, 0.717) is 6.42 Å². The number of carboxylic acid groups (broad SMARTS) is 2. The molecular formula is C22H38O6S. The maximum absolute atomic E-state index is 11.7. The number of allylic oxidation sites excluding steroid dienone is 4. The van der Waals surface area contributed by atoms with Crippen LogP contribution in [0.4, 0.5) is 0 Å². The smallest absolute Gasteiger partial charge is 0.316 e. The van der Waals surface area contributed by atoms with Crippen LogP contribution in [-0.4, -0.2) is 39.6 Å². The number of thiol groups is 1. The number of hydrogen-bond acceptors (Lipinski definition) is 4. The van der Waals surface area contributed by atoms with E-state index < -0.39 is 40.6 Å². The molecule has 0 saturated heterocycles. The molecule has 0 radical (unpaired) electrons. The van der Waals surface area contributed by atoms with Crippen molar-refractivity contribution in [1.82, 2.24) is 0 Å². The molecule has 0 aromatic heterocycles. The summed E-state index contributed by atoms with van der Waals surface area (Å²) >= 11 is -1.78. The Balaban J connectivity index is 3.63. The Morgan fingerprint density at radius 1 is 0.759 bits per heavy atom. The van der Waals surface area contributed by atoms with Gasteiger partial charge in [-0.05, 0) is 38.5 Å². The third-order valence-electron chi connectivity index (χ3n) is 4.19. The minimum absolute atomic E-state index is 0.211. The van der Waals surface area contributed by atoms with Crippen molar-refractivity contribution < 1.29 is 28.8 Å². The van der Waals surface area contributed by atoms with E-state index in [-0.39, 0.29) is 6.42 Å². The van der Waals surface area contributed by atoms with Crippen LogP contribution in [0.5, 0.6) is 0 Å². The van der Waals surface area contributed by atoms with Gasteiger partial charge >= 0.3 is 17.9 Å². The topological polar surface area (TPSA) is 101 Å². The molecule has 7 heteroatoms. The number of carbonyl (C=O) groups excluding carboxylic acids is 1. The fraction of sp³-hybridized carbons (Fsp3) is 0.682. The fourth-order valence-electron chi connectivity index (χ4n) is 2.69. The maximum atomic E-state index is 11.7. The Hall–Kier alpha value is -1.76. The number of carbonyl (C=O) groups is 3. The highest BCUT2D eigenvalue weighted by molar-refractivity contribution is 8.14. The zero-order chi connectivity index (χ0) is 21.7. The van der Waals surface area contributed by atoms with Gasteiger partial charge in [0.2, 0.25) is 0 Å². The summed E-state index contributed by atoms with van der Waals surface area (Å²) in [5.74, 6) is -3.64. The van der Waals surface area contributed by atoms with Crippen molar-refractivity contribution in [3.05, 3.63) is 24.3 Å². The molecule has 29 heavy (non-hydrogen) atoms. The van der Waals surface area contributed by atoms with Crippen molar-refractivity contribution in [1.29, 1.82) is 0 Å². The molecule has 2 N–H and O–H groups in total. The fourth-order valence-corrected chi connectivity index (χ4v) is 3.92. The second-order valence-corrected chi connectivity index (χ2v) is 8.81. The summed E-state index contributed by atoms with van der Waals surface area (Å²) in [5, 5.41) is 17.5. The number of hydrogen-bond donors (Lipinski definition) is 3. The van der Waals surface area contributed by atoms with Crippen LogP contribution in [0.25, 0.3) is 0 Å². The lowest BCUT2D eigenvalue weighted by Crippen LogP contribution is -2.16. The molecule has 0 aromatic carbocycles. The van der Waals surface area contributed by atoms with Gasteiger partial charge in [-0.15, -0.1) is 0 Å². The van der Waals surface area contributed by atoms with Crippen LogP contribution in [0.2, 0.25) is 0 Å². The molecule has 0 saturated carbocycles. The maximum Gasteiger partial charge on any atom is 0.316 e. The molecule has 0 bridgehead atoms. The Labute approximate surface area is 178 Å². The SMILES string of the molecule is CCCCC/C=C\C/C=C\CCCCCCCC(=O)O[SH](CC(=O)O)CC(=O)O. The quantitative estimate of drug-likeness (QED) is 0.143. The predicted molar refractivity (Wildman–Crippen MR) is 119 cm³/mol. The normalized spacial score (nSPS) is 11.8. The van der Waals surface area contributed by atoms with Crippen LogP contribution in [-0.2, 0) is 18.6 Å². The number of aliphatic carboxylic acids is 2. The standard InChI is InChI=1S/C22H38O6S/c1-2-3-4-5-6-7-8-9-10-11-12-13-14-15-16-17-22(27)28-29(18-20(23)24)19-21(25)26/h6-7,9-10,29H,2-5,8,11-19H2,1H3,(H,23,24)(H,25,26)/b7-6-,10-9-. The molecule has 0 aliphatic carbocycles. The van der Waals surface area contributed by atoms with E-state index in [9.17, 15) is 14.4 Å². The predicted octanol–water partition coefficient (Wildman–Crippen LogP) is 5.43. The molecule has 0 spiro atoms. The summed E-state index contributed by atoms with van der Waals surface area (Å²) in [4.78, 5) is 33.2. The van der Waals surface area contributed by atoms with Crippen molar-refractivity contribution >= 4 is 29.1 Å². The molecule has 0 rings (SSSR count). The van der Waals surface area contributed by atoms with E-state index >= 15 is 0 Å². The molecule has 0 heterocycles. The molecule has 0 amide bonds. The van der Waals surface area contributed by atoms with Crippen LogP contribution in [0.3, 0.4) is 0 Å². The first-order chi connectivity index (χ1) is 14.0. The molecule has 0 aromatic rings. The van der Waals surface area contributed by atoms with Gasteiger partial charge in [-0.2, -0.15) is 0 Å². The van der Waals surface area contributed by atoms with E-state index in [1.807, 2.05) is 0 Å². The van der Waals surface area contributed by atoms with Gasteiger partial charge in [0.1, 0.15) is 11.5 Å². The van der Waals surface area contributed by atoms with Crippen molar-refractivity contribution in [2.24, 2.45) is 0 Å². The van der Waals surface area contributed by atoms with Crippen LogP contribution in [0, 0.1) is 0 Å². The lowest BCUT2D eigenvalue weighted by atomic mass is 10.1. The number of carboxylic acids is 2. The third-order valence-corrected chi connectivity index (χ3v) is 5.89. The average Bonchev–Trinajstić information content (AvgIpc) is 2.63. The second kappa shape index (κ2) is 19.6. The summed E-state index contributed by atoms with van der Waals surface area (Å²) in [5.41, 5.74) is 0. The van der Waals surface area contributed by atoms with Gasteiger partial charge in [0.25, 0.3) is 0 Å². The van der Waals surface area contributed by atoms with Crippen LogP contribution < -0.4 is 0 Å². The highest BCUT2D eigenvalue weighted by Gasteiger charge is 2.17. The van der Waals surface area contributed by atoms with Gasteiger partial charge in [-0.1, -0.05) is 74.5 Å². The molecule has 0 aliphatic heterocycles. The molecule has 6 nitrogen and oxygen atoms in total. The van der Waals surface area contributed by atoms with E-state index in [2.05, 4.69) is 31.2 Å². The van der Waals surface area contributed by atoms with Crippen molar-refractivity contribution in [3.8, 4) is 0 Å². The summed E-state index contributed by atoms with van der Waals surface area (Å²) in [6.45, 7) is 2.21. The Morgan fingerprint density at radius 2 is 1.28 bits per heavy atom. The molecule has 0 unspecified atom stereocenters. The minimum atomic E-state index is -1.78. The van der Waals surface area contributed by atoms with Gasteiger partial charge in [0, 0.05) is 6.42 Å². The summed E-state index contributed by atoms with van der Waals surface area (Å²) < 4.78 is 5.04. The molecule has 0 fully saturated rings. The number of rotatable bonds is 19. The van der Waals surface area contributed by atoms with Crippen molar-refractivity contribution in [2.45, 2.75) is 84.0 Å². The summed E-state index contributed by atoms with van der Waals surface area (Å²) in [6, 6.07) is 0. The van der Waals surface area contributed by atoms with Gasteiger partial charge in [0.15, 0.2) is 0 Å². The summed E-state index contributed by atoms with van der Waals surface area (Å²) in [7, 11) is 0. The molecule has 0 atom stereocenters. The molecule has 168 valence electrons. The first-order valence-corrected chi connectivity index (χ1v) is 12.3. The number of unbranched alkanes of at least 4 members (excludes halogenated alkanes) is 8. The zero-order valence-corrected chi connectivity index (χ0v) is 18.6. The van der Waals surface area contributed by atoms with E-state index in [1.54, 1.807) is 0 Å². The van der Waals surface area contributed by atoms with Gasteiger partial charge < -0.3 is 14.4 Å². The van der Waals surface area contributed by atoms with E-state index in [4.69, 9.17) is 14.4 Å². The highest BCUT2D eigenvalue weighted by Crippen LogP contribution is 2.27. The minimum Gasteiger partial charge on any atom is -0.481 e. The monoisotopic (exact) mass is 430 g/mol. The zero-order valence-electron chi connectivity index (χ0n) is 17.7. The lowest BCUT2D eigenvalue weighted by Gasteiger charge is -2.17. The Morgan fingerprint density at radius 3 is 1.83 bits per heavy atom. The first-order valence-electron chi connectivity index (χ1n) is 10.6.